The van der Waals surface area contributed by atoms with Crippen molar-refractivity contribution in [2.24, 2.45) is 11.8 Å². The normalized spacial score (nSPS) is 20.2. The number of benzene rings is 2. The minimum absolute atomic E-state index is 0.0360. The smallest absolute Gasteiger partial charge is 0.341 e. The van der Waals surface area contributed by atoms with E-state index in [4.69, 9.17) is 4.74 Å². The highest BCUT2D eigenvalue weighted by atomic mass is 16.5. The first-order chi connectivity index (χ1) is 25.9. The molecule has 2 aromatic carbocycles. The van der Waals surface area contributed by atoms with Crippen LogP contribution < -0.4 is 0 Å². The maximum absolute atomic E-state index is 12.4. The molecule has 0 radical (unpaired) electrons. The molecule has 304 valence electrons. The van der Waals surface area contributed by atoms with Crippen LogP contribution in [0.4, 0.5) is 0 Å². The fraction of sp³-hybridized carbons (Fsp3) is 0.522. The number of unbranched alkanes of at least 4 members (excludes halogenated alkanes) is 4. The van der Waals surface area contributed by atoms with Crippen LogP contribution in [0.2, 0.25) is 0 Å². The summed E-state index contributed by atoms with van der Waals surface area (Å²) in [5.74, 6) is -1.14. The third-order valence-electron chi connectivity index (χ3n) is 10.5. The van der Waals surface area contributed by atoms with Crippen molar-refractivity contribution >= 4 is 11.9 Å². The second kappa shape index (κ2) is 22.2. The Bertz CT molecular complexity index is 1700. The summed E-state index contributed by atoms with van der Waals surface area (Å²) in [5, 5.41) is 50.4. The molecular formula is C46H66O9. The SMILES string of the molecule is C=C(C)[C@@H]1C=C[C@](C)(O)CC1.C=C(C)[C@H]1CCC(C)=CC1c1c(O)cc(CCCCC)c(C(=O)OC)c1O.CCCCCc1cc(O)cc(O)c1C(=O)OC. The number of phenols is 4. The predicted octanol–water partition coefficient (Wildman–Crippen LogP) is 10.5. The van der Waals surface area contributed by atoms with Gasteiger partial charge in [-0.3, -0.25) is 0 Å². The standard InChI is InChI=1S/C23H32O4.C13H18O4.C10H16O/c1-6-7-8-9-16-13-19(24)21(22(25)20(16)23(26)27-5)18-12-15(4)10-11-17(18)14(2)3;1-3-4-5-6-9-7-10(14)8-11(15)12(9)13(16)17-2;1-8(2)9-4-6-10(3,11)7-5-9/h12-13,17-18,24-25H,2,6-11H2,1,3-5H3;7-8,14-15H,3-6H2,1-2H3;4,6,9,11H,1,5,7H2,2-3H3/t17-,18?;;9-,10+/m1.1/s1. The Labute approximate surface area is 329 Å². The van der Waals surface area contributed by atoms with Gasteiger partial charge in [-0.1, -0.05) is 87.6 Å². The molecule has 0 spiro atoms. The summed E-state index contributed by atoms with van der Waals surface area (Å²) in [4.78, 5) is 24.0. The van der Waals surface area contributed by atoms with Gasteiger partial charge in [0.2, 0.25) is 0 Å². The molecule has 5 N–H and O–H groups in total. The number of methoxy groups -OCH3 is 2. The lowest BCUT2D eigenvalue weighted by molar-refractivity contribution is 0.0586. The van der Waals surface area contributed by atoms with Crippen LogP contribution in [0, 0.1) is 11.8 Å². The number of aryl methyl sites for hydroxylation is 2. The number of aromatic hydroxyl groups is 4. The van der Waals surface area contributed by atoms with E-state index < -0.39 is 17.5 Å². The van der Waals surface area contributed by atoms with Gasteiger partial charge in [0.1, 0.15) is 34.1 Å². The van der Waals surface area contributed by atoms with Crippen molar-refractivity contribution in [2.75, 3.05) is 14.2 Å². The number of phenolic OH excluding ortho intramolecular Hbond substituents is 4. The summed E-state index contributed by atoms with van der Waals surface area (Å²) >= 11 is 0. The van der Waals surface area contributed by atoms with Gasteiger partial charge in [0, 0.05) is 17.5 Å². The molecule has 2 aliphatic rings. The van der Waals surface area contributed by atoms with Crippen LogP contribution in [-0.4, -0.2) is 57.3 Å². The molecule has 0 aliphatic heterocycles. The van der Waals surface area contributed by atoms with Crippen LogP contribution in [0.3, 0.4) is 0 Å². The highest BCUT2D eigenvalue weighted by molar-refractivity contribution is 5.95. The van der Waals surface area contributed by atoms with Crippen LogP contribution in [0.5, 0.6) is 23.0 Å². The molecule has 9 nitrogen and oxygen atoms in total. The lowest BCUT2D eigenvalue weighted by atomic mass is 9.73. The molecule has 1 unspecified atom stereocenters. The minimum atomic E-state index is -0.577. The number of hydrogen-bond acceptors (Lipinski definition) is 9. The number of carbonyl (C=O) groups is 2. The van der Waals surface area contributed by atoms with Gasteiger partial charge in [0.25, 0.3) is 0 Å². The topological polar surface area (TPSA) is 154 Å². The molecule has 0 heterocycles. The Hall–Kier alpha value is -4.50. The number of esters is 2. The maximum atomic E-state index is 12.4. The Balaban J connectivity index is 0.000000317. The number of ether oxygens (including phenoxy) is 2. The summed E-state index contributed by atoms with van der Waals surface area (Å²) in [6.07, 6.45) is 17.0. The third kappa shape index (κ3) is 13.6. The van der Waals surface area contributed by atoms with Crippen molar-refractivity contribution in [2.45, 2.75) is 130 Å². The van der Waals surface area contributed by atoms with Crippen molar-refractivity contribution in [3.8, 4) is 23.0 Å². The highest BCUT2D eigenvalue weighted by Gasteiger charge is 2.33. The van der Waals surface area contributed by atoms with Crippen molar-refractivity contribution in [3.63, 3.8) is 0 Å². The quantitative estimate of drug-likeness (QED) is 0.0762. The van der Waals surface area contributed by atoms with E-state index in [1.165, 1.54) is 31.4 Å². The average Bonchev–Trinajstić information content (AvgIpc) is 3.11. The predicted molar refractivity (Wildman–Crippen MR) is 220 cm³/mol. The van der Waals surface area contributed by atoms with E-state index >= 15 is 0 Å². The van der Waals surface area contributed by atoms with E-state index in [0.717, 1.165) is 75.8 Å². The van der Waals surface area contributed by atoms with Crippen LogP contribution >= 0.6 is 0 Å². The van der Waals surface area contributed by atoms with E-state index in [1.807, 2.05) is 26.8 Å². The van der Waals surface area contributed by atoms with Gasteiger partial charge < -0.3 is 35.0 Å². The van der Waals surface area contributed by atoms with Crippen molar-refractivity contribution in [1.82, 2.24) is 0 Å². The second-order valence-corrected chi connectivity index (χ2v) is 15.3. The second-order valence-electron chi connectivity index (χ2n) is 15.3. The number of rotatable bonds is 13. The molecule has 4 rings (SSSR count). The summed E-state index contributed by atoms with van der Waals surface area (Å²) in [6.45, 7) is 20.1. The van der Waals surface area contributed by atoms with E-state index in [2.05, 4.69) is 50.8 Å². The summed E-state index contributed by atoms with van der Waals surface area (Å²) < 4.78 is 9.55. The third-order valence-corrected chi connectivity index (χ3v) is 10.5. The molecular weight excluding hydrogens is 696 g/mol. The number of carbonyl (C=O) groups excluding carboxylic acids is 2. The number of hydrogen-bond donors (Lipinski definition) is 5. The van der Waals surface area contributed by atoms with E-state index in [-0.39, 0.29) is 46.0 Å². The van der Waals surface area contributed by atoms with Gasteiger partial charge >= 0.3 is 11.9 Å². The average molecular weight is 763 g/mol. The first-order valence-electron chi connectivity index (χ1n) is 19.6. The molecule has 2 aliphatic carbocycles. The van der Waals surface area contributed by atoms with Crippen molar-refractivity contribution in [1.29, 1.82) is 0 Å². The van der Waals surface area contributed by atoms with Gasteiger partial charge in [-0.2, -0.15) is 0 Å². The number of allylic oxidation sites excluding steroid dienone is 5. The van der Waals surface area contributed by atoms with E-state index in [1.54, 1.807) is 6.07 Å². The first kappa shape index (κ1) is 46.7. The zero-order valence-corrected chi connectivity index (χ0v) is 34.5. The monoisotopic (exact) mass is 762 g/mol. The summed E-state index contributed by atoms with van der Waals surface area (Å²) in [7, 11) is 2.58. The van der Waals surface area contributed by atoms with Gasteiger partial charge in [0.15, 0.2) is 0 Å². The molecule has 9 heteroatoms. The molecule has 0 saturated carbocycles. The van der Waals surface area contributed by atoms with Gasteiger partial charge in [-0.25, -0.2) is 9.59 Å². The highest BCUT2D eigenvalue weighted by Crippen LogP contribution is 2.48. The Morgan fingerprint density at radius 3 is 1.87 bits per heavy atom. The van der Waals surface area contributed by atoms with Crippen molar-refractivity contribution < 1.29 is 44.6 Å². The van der Waals surface area contributed by atoms with E-state index in [0.29, 0.717) is 35.4 Å². The zero-order chi connectivity index (χ0) is 41.5. The largest absolute Gasteiger partial charge is 0.508 e. The molecule has 0 saturated heterocycles. The van der Waals surface area contributed by atoms with Crippen LogP contribution in [-0.2, 0) is 22.3 Å². The summed E-state index contributed by atoms with van der Waals surface area (Å²) in [6, 6.07) is 4.28. The summed E-state index contributed by atoms with van der Waals surface area (Å²) in [5.41, 5.74) is 4.84. The Morgan fingerprint density at radius 2 is 1.38 bits per heavy atom. The Morgan fingerprint density at radius 1 is 0.818 bits per heavy atom. The van der Waals surface area contributed by atoms with Crippen LogP contribution in [0.1, 0.15) is 149 Å². The van der Waals surface area contributed by atoms with E-state index in [9.17, 15) is 35.1 Å². The lowest BCUT2D eigenvalue weighted by Crippen LogP contribution is -2.25. The molecule has 4 atom stereocenters. The maximum Gasteiger partial charge on any atom is 0.341 e. The molecule has 0 bridgehead atoms. The van der Waals surface area contributed by atoms with Gasteiger partial charge in [0.05, 0.1) is 19.8 Å². The van der Waals surface area contributed by atoms with Crippen molar-refractivity contribution in [3.05, 3.63) is 94.1 Å². The van der Waals surface area contributed by atoms with Crippen LogP contribution in [0.25, 0.3) is 0 Å². The minimum Gasteiger partial charge on any atom is -0.508 e. The fourth-order valence-electron chi connectivity index (χ4n) is 7.18. The van der Waals surface area contributed by atoms with Gasteiger partial charge in [-0.15, -0.1) is 0 Å². The molecule has 0 fully saturated rings. The van der Waals surface area contributed by atoms with Crippen LogP contribution in [0.15, 0.2) is 66.3 Å². The fourth-order valence-corrected chi connectivity index (χ4v) is 7.18. The zero-order valence-electron chi connectivity index (χ0n) is 34.5. The Kier molecular flexibility index (Phi) is 18.8. The molecule has 0 amide bonds. The van der Waals surface area contributed by atoms with Gasteiger partial charge in [-0.05, 0) is 114 Å². The lowest BCUT2D eigenvalue weighted by Gasteiger charge is -2.32. The molecule has 2 aromatic rings. The molecule has 0 aromatic heterocycles. The number of aliphatic hydroxyl groups is 1. The first-order valence-corrected chi connectivity index (χ1v) is 19.6. The molecule has 55 heavy (non-hydrogen) atoms.